The van der Waals surface area contributed by atoms with E-state index < -0.39 is 0 Å². The van der Waals surface area contributed by atoms with Gasteiger partial charge in [-0.2, -0.15) is 0 Å². The predicted octanol–water partition coefficient (Wildman–Crippen LogP) is 8.81. The molecule has 0 fully saturated rings. The van der Waals surface area contributed by atoms with Crippen molar-refractivity contribution < 1.29 is 4.74 Å². The van der Waals surface area contributed by atoms with E-state index in [-0.39, 0.29) is 0 Å². The zero-order valence-corrected chi connectivity index (χ0v) is 25.2. The van der Waals surface area contributed by atoms with Crippen molar-refractivity contribution in [3.8, 4) is 39.7 Å². The number of rotatable bonds is 12. The topological polar surface area (TPSA) is 66.1 Å². The molecular weight excluding hydrogens is 553 g/mol. The lowest BCUT2D eigenvalue weighted by Crippen LogP contribution is -2.24. The van der Waals surface area contributed by atoms with E-state index in [4.69, 9.17) is 32.9 Å². The maximum Gasteiger partial charge on any atom is 0.141 e. The van der Waals surface area contributed by atoms with Gasteiger partial charge in [0, 0.05) is 23.9 Å². The second kappa shape index (κ2) is 13.4. The number of H-pyrrole nitrogens is 1. The molecule has 2 heterocycles. The van der Waals surface area contributed by atoms with Crippen molar-refractivity contribution in [1.29, 1.82) is 0 Å². The van der Waals surface area contributed by atoms with Gasteiger partial charge in [-0.25, -0.2) is 9.97 Å². The van der Waals surface area contributed by atoms with E-state index >= 15 is 0 Å². The van der Waals surface area contributed by atoms with Crippen LogP contribution in [0.3, 0.4) is 0 Å². The molecule has 0 atom stereocenters. The number of halogens is 2. The zero-order valence-electron chi connectivity index (χ0n) is 23.7. The van der Waals surface area contributed by atoms with Gasteiger partial charge in [0.2, 0.25) is 0 Å². The van der Waals surface area contributed by atoms with E-state index in [1.165, 1.54) is 0 Å². The third-order valence-electron chi connectivity index (χ3n) is 7.37. The van der Waals surface area contributed by atoms with Gasteiger partial charge in [0.25, 0.3) is 0 Å². The summed E-state index contributed by atoms with van der Waals surface area (Å²) in [4.78, 5) is 15.6. The summed E-state index contributed by atoms with van der Waals surface area (Å²) in [6.45, 7) is 8.58. The average Bonchev–Trinajstić information content (AvgIpc) is 3.43. The summed E-state index contributed by atoms with van der Waals surface area (Å²) in [6, 6.07) is 21.9. The first-order valence-corrected chi connectivity index (χ1v) is 14.8. The number of ether oxygens (including phenoxy) is 1. The number of fused-ring (bicyclic) bond motifs is 1. The van der Waals surface area contributed by atoms with Crippen LogP contribution in [0.2, 0.25) is 10.0 Å². The molecule has 2 N–H and O–H groups in total. The van der Waals surface area contributed by atoms with Crippen LogP contribution in [0.1, 0.15) is 26.7 Å². The monoisotopic (exact) mass is 587 g/mol. The summed E-state index contributed by atoms with van der Waals surface area (Å²) in [6.07, 6.45) is 4.05. The summed E-state index contributed by atoms with van der Waals surface area (Å²) in [7, 11) is 1.68. The fourth-order valence-electron chi connectivity index (χ4n) is 5.03. The van der Waals surface area contributed by atoms with E-state index in [2.05, 4.69) is 64.4 Å². The van der Waals surface area contributed by atoms with Crippen LogP contribution in [-0.4, -0.2) is 53.1 Å². The van der Waals surface area contributed by atoms with Crippen LogP contribution in [0.4, 0.5) is 5.82 Å². The smallest absolute Gasteiger partial charge is 0.141 e. The molecule has 0 aliphatic rings. The number of nitrogens with zero attached hydrogens (tertiary/aromatic N) is 3. The standard InChI is InChI=1S/C33H35Cl2N5O/c1-4-40(5-2)18-7-6-16-36-29-21-25(15-17-37-29)32-31(38-33(39-32)30-27(34)9-8-10-28(30)35)24-12-11-23-20-26(41-3)14-13-22(23)19-24/h8-15,17,19-21H,4-7,16,18H2,1-3H3,(H,36,37)(H,38,39). The Bertz CT molecular complexity index is 1610. The molecule has 6 nitrogen and oxygen atoms in total. The van der Waals surface area contributed by atoms with Crippen LogP contribution in [0, 0.1) is 0 Å². The highest BCUT2D eigenvalue weighted by atomic mass is 35.5. The molecule has 2 aromatic heterocycles. The first-order chi connectivity index (χ1) is 20.0. The lowest BCUT2D eigenvalue weighted by Gasteiger charge is -2.17. The molecule has 3 aromatic carbocycles. The second-order valence-corrected chi connectivity index (χ2v) is 10.7. The maximum atomic E-state index is 6.59. The summed E-state index contributed by atoms with van der Waals surface area (Å²) >= 11 is 13.2. The van der Waals surface area contributed by atoms with Crippen molar-refractivity contribution in [2.75, 3.05) is 38.6 Å². The highest BCUT2D eigenvalue weighted by Gasteiger charge is 2.19. The second-order valence-electron chi connectivity index (χ2n) is 9.92. The van der Waals surface area contributed by atoms with E-state index in [0.29, 0.717) is 21.4 Å². The molecule has 0 saturated carbocycles. The first kappa shape index (κ1) is 28.9. The van der Waals surface area contributed by atoms with Gasteiger partial charge >= 0.3 is 0 Å². The number of benzene rings is 3. The minimum Gasteiger partial charge on any atom is -0.497 e. The van der Waals surface area contributed by atoms with Gasteiger partial charge in [0.1, 0.15) is 17.4 Å². The van der Waals surface area contributed by atoms with Crippen molar-refractivity contribution in [1.82, 2.24) is 19.9 Å². The Morgan fingerprint density at radius 1 is 0.878 bits per heavy atom. The molecule has 0 bridgehead atoms. The molecule has 5 rings (SSSR count). The van der Waals surface area contributed by atoms with Gasteiger partial charge in [-0.05, 0) is 85.7 Å². The predicted molar refractivity (Wildman–Crippen MR) is 172 cm³/mol. The Kier molecular flexibility index (Phi) is 9.45. The molecule has 0 spiro atoms. The highest BCUT2D eigenvalue weighted by Crippen LogP contribution is 2.39. The van der Waals surface area contributed by atoms with E-state index in [1.807, 2.05) is 42.6 Å². The minimum atomic E-state index is 0.539. The van der Waals surface area contributed by atoms with Gasteiger partial charge in [0.05, 0.1) is 34.1 Å². The number of pyridine rings is 1. The number of imidazole rings is 1. The third-order valence-corrected chi connectivity index (χ3v) is 8.00. The lowest BCUT2D eigenvalue weighted by atomic mass is 10.0. The summed E-state index contributed by atoms with van der Waals surface area (Å²) < 4.78 is 5.41. The van der Waals surface area contributed by atoms with Gasteiger partial charge in [-0.15, -0.1) is 0 Å². The quantitative estimate of drug-likeness (QED) is 0.143. The molecule has 5 aromatic rings. The van der Waals surface area contributed by atoms with Crippen LogP contribution in [0.5, 0.6) is 5.75 Å². The van der Waals surface area contributed by atoms with E-state index in [1.54, 1.807) is 7.11 Å². The maximum absolute atomic E-state index is 6.59. The van der Waals surface area contributed by atoms with Crippen LogP contribution in [-0.2, 0) is 0 Å². The summed E-state index contributed by atoms with van der Waals surface area (Å²) in [5.74, 6) is 2.27. The van der Waals surface area contributed by atoms with Crippen LogP contribution in [0.15, 0.2) is 72.9 Å². The van der Waals surface area contributed by atoms with Crippen molar-refractivity contribution in [3.63, 3.8) is 0 Å². The molecule has 0 aliphatic heterocycles. The Morgan fingerprint density at radius 3 is 2.39 bits per heavy atom. The number of methoxy groups -OCH3 is 1. The first-order valence-electron chi connectivity index (χ1n) is 14.1. The van der Waals surface area contributed by atoms with Crippen LogP contribution < -0.4 is 10.1 Å². The molecule has 41 heavy (non-hydrogen) atoms. The Morgan fingerprint density at radius 2 is 1.63 bits per heavy atom. The van der Waals surface area contributed by atoms with Crippen molar-refractivity contribution in [2.24, 2.45) is 0 Å². The number of aromatic amines is 1. The molecular formula is C33H35Cl2N5O. The largest absolute Gasteiger partial charge is 0.497 e. The van der Waals surface area contributed by atoms with Gasteiger partial charge < -0.3 is 19.9 Å². The van der Waals surface area contributed by atoms with Gasteiger partial charge in [0.15, 0.2) is 0 Å². The van der Waals surface area contributed by atoms with Crippen LogP contribution in [0.25, 0.3) is 44.7 Å². The van der Waals surface area contributed by atoms with Crippen LogP contribution >= 0.6 is 23.2 Å². The normalized spacial score (nSPS) is 11.4. The Hall–Kier alpha value is -3.58. The summed E-state index contributed by atoms with van der Waals surface area (Å²) in [5, 5.41) is 6.76. The number of hydrogen-bond donors (Lipinski definition) is 2. The number of hydrogen-bond acceptors (Lipinski definition) is 5. The molecule has 0 unspecified atom stereocenters. The third kappa shape index (κ3) is 6.67. The van der Waals surface area contributed by atoms with Crippen molar-refractivity contribution in [3.05, 3.63) is 83.0 Å². The van der Waals surface area contributed by atoms with Crippen molar-refractivity contribution >= 4 is 39.8 Å². The summed E-state index contributed by atoms with van der Waals surface area (Å²) in [5.41, 5.74) is 4.30. The Balaban J connectivity index is 1.49. The zero-order chi connectivity index (χ0) is 28.8. The number of anilines is 1. The van der Waals surface area contributed by atoms with Gasteiger partial charge in [-0.3, -0.25) is 0 Å². The minimum absolute atomic E-state index is 0.539. The lowest BCUT2D eigenvalue weighted by molar-refractivity contribution is 0.298. The molecule has 0 saturated heterocycles. The Labute approximate surface area is 251 Å². The number of aromatic nitrogens is 3. The number of unbranched alkanes of at least 4 members (excludes halogenated alkanes) is 1. The highest BCUT2D eigenvalue weighted by molar-refractivity contribution is 6.39. The molecule has 0 amide bonds. The van der Waals surface area contributed by atoms with Gasteiger partial charge in [-0.1, -0.05) is 61.3 Å². The molecule has 212 valence electrons. The molecule has 0 aliphatic carbocycles. The average molecular weight is 589 g/mol. The molecule has 8 heteroatoms. The van der Waals surface area contributed by atoms with E-state index in [0.717, 1.165) is 83.9 Å². The van der Waals surface area contributed by atoms with E-state index in [9.17, 15) is 0 Å². The SMILES string of the molecule is CCN(CC)CCCCNc1cc(-c2[nH]c(-c3c(Cl)cccc3Cl)nc2-c2ccc3cc(OC)ccc3c2)ccn1. The fourth-order valence-corrected chi connectivity index (χ4v) is 5.61. The number of nitrogens with one attached hydrogen (secondary N) is 2. The fraction of sp³-hybridized carbons (Fsp3) is 0.273. The molecule has 0 radical (unpaired) electrons. The van der Waals surface area contributed by atoms with Crippen molar-refractivity contribution in [2.45, 2.75) is 26.7 Å².